The molecule has 78 valence electrons. The average molecular weight is 188 g/mol. The lowest BCUT2D eigenvalue weighted by atomic mass is 10.1. The Morgan fingerprint density at radius 1 is 1.54 bits per heavy atom. The van der Waals surface area contributed by atoms with Crippen molar-refractivity contribution in [2.45, 2.75) is 32.2 Å². The van der Waals surface area contributed by atoms with Crippen LogP contribution in [0.4, 0.5) is 4.79 Å². The minimum Gasteiger partial charge on any atom is -0.465 e. The van der Waals surface area contributed by atoms with Crippen molar-refractivity contribution in [3.05, 3.63) is 0 Å². The summed E-state index contributed by atoms with van der Waals surface area (Å²) in [5.41, 5.74) is 0. The minimum atomic E-state index is -0.920. The summed E-state index contributed by atoms with van der Waals surface area (Å²) < 4.78 is 0. The molecule has 0 aromatic rings. The highest BCUT2D eigenvalue weighted by Crippen LogP contribution is 2.01. The van der Waals surface area contributed by atoms with E-state index in [2.05, 4.69) is 10.2 Å². The monoisotopic (exact) mass is 188 g/mol. The molecule has 1 amide bonds. The molecule has 0 saturated carbocycles. The van der Waals surface area contributed by atoms with Gasteiger partial charge in [-0.25, -0.2) is 4.79 Å². The Labute approximate surface area is 79.9 Å². The Morgan fingerprint density at radius 3 is 2.54 bits per heavy atom. The topological polar surface area (TPSA) is 52.6 Å². The lowest BCUT2D eigenvalue weighted by Crippen LogP contribution is -2.33. The maximum atomic E-state index is 10.3. The van der Waals surface area contributed by atoms with Gasteiger partial charge in [0, 0.05) is 6.04 Å². The number of carbonyl (C=O) groups is 1. The van der Waals surface area contributed by atoms with Gasteiger partial charge in [0.2, 0.25) is 0 Å². The quantitative estimate of drug-likeness (QED) is 0.662. The highest BCUT2D eigenvalue weighted by molar-refractivity contribution is 5.64. The van der Waals surface area contributed by atoms with Crippen LogP contribution in [0.3, 0.4) is 0 Å². The molecule has 0 aliphatic carbocycles. The number of carboxylic acid groups (broad SMARTS) is 1. The van der Waals surface area contributed by atoms with E-state index < -0.39 is 6.09 Å². The molecule has 1 atom stereocenters. The van der Waals surface area contributed by atoms with Gasteiger partial charge in [0.05, 0.1) is 0 Å². The number of hydrogen-bond donors (Lipinski definition) is 2. The fourth-order valence-electron chi connectivity index (χ4n) is 1.21. The standard InChI is InChI=1S/C9H20N2O2/c1-4-8(10-9(12)13)6-5-7-11(2)3/h8,10H,4-7H2,1-3H3,(H,12,13). The second-order valence-corrected chi connectivity index (χ2v) is 3.50. The summed E-state index contributed by atoms with van der Waals surface area (Å²) >= 11 is 0. The van der Waals surface area contributed by atoms with E-state index in [4.69, 9.17) is 5.11 Å². The average Bonchev–Trinajstić information content (AvgIpc) is 2.01. The predicted molar refractivity (Wildman–Crippen MR) is 53.0 cm³/mol. The first-order valence-electron chi connectivity index (χ1n) is 4.70. The SMILES string of the molecule is CCC(CCCN(C)C)NC(=O)O. The minimum absolute atomic E-state index is 0.109. The van der Waals surface area contributed by atoms with E-state index in [-0.39, 0.29) is 6.04 Å². The zero-order valence-electron chi connectivity index (χ0n) is 8.71. The van der Waals surface area contributed by atoms with Gasteiger partial charge in [0.15, 0.2) is 0 Å². The third-order valence-corrected chi connectivity index (χ3v) is 1.98. The van der Waals surface area contributed by atoms with Crippen LogP contribution >= 0.6 is 0 Å². The summed E-state index contributed by atoms with van der Waals surface area (Å²) in [4.78, 5) is 12.4. The molecule has 4 heteroatoms. The molecule has 0 aliphatic heterocycles. The second-order valence-electron chi connectivity index (χ2n) is 3.50. The first-order valence-corrected chi connectivity index (χ1v) is 4.70. The van der Waals surface area contributed by atoms with E-state index in [1.807, 2.05) is 21.0 Å². The van der Waals surface area contributed by atoms with Crippen LogP contribution in [0.2, 0.25) is 0 Å². The highest BCUT2D eigenvalue weighted by atomic mass is 16.4. The van der Waals surface area contributed by atoms with Crippen molar-refractivity contribution < 1.29 is 9.90 Å². The predicted octanol–water partition coefficient (Wildman–Crippen LogP) is 1.37. The van der Waals surface area contributed by atoms with Crippen molar-refractivity contribution in [3.63, 3.8) is 0 Å². The highest BCUT2D eigenvalue weighted by Gasteiger charge is 2.08. The molecule has 13 heavy (non-hydrogen) atoms. The van der Waals surface area contributed by atoms with Crippen molar-refractivity contribution in [3.8, 4) is 0 Å². The van der Waals surface area contributed by atoms with Gasteiger partial charge in [-0.3, -0.25) is 0 Å². The molecule has 0 saturated heterocycles. The number of nitrogens with one attached hydrogen (secondary N) is 1. The first-order chi connectivity index (χ1) is 6.06. The van der Waals surface area contributed by atoms with Crippen molar-refractivity contribution in [2.75, 3.05) is 20.6 Å². The van der Waals surface area contributed by atoms with Crippen LogP contribution < -0.4 is 5.32 Å². The van der Waals surface area contributed by atoms with E-state index in [1.165, 1.54) is 0 Å². The van der Waals surface area contributed by atoms with Crippen LogP contribution in [0.5, 0.6) is 0 Å². The number of amides is 1. The van der Waals surface area contributed by atoms with Gasteiger partial charge in [0.25, 0.3) is 0 Å². The van der Waals surface area contributed by atoms with Gasteiger partial charge < -0.3 is 15.3 Å². The van der Waals surface area contributed by atoms with Crippen molar-refractivity contribution in [1.82, 2.24) is 10.2 Å². The Kier molecular flexibility index (Phi) is 6.32. The molecular weight excluding hydrogens is 168 g/mol. The largest absolute Gasteiger partial charge is 0.465 e. The summed E-state index contributed by atoms with van der Waals surface area (Å²) in [5, 5.41) is 11.0. The maximum Gasteiger partial charge on any atom is 0.404 e. The number of rotatable bonds is 6. The van der Waals surface area contributed by atoms with Crippen LogP contribution in [0.25, 0.3) is 0 Å². The third kappa shape index (κ3) is 7.59. The molecular formula is C9H20N2O2. The Balaban J connectivity index is 3.53. The fraction of sp³-hybridized carbons (Fsp3) is 0.889. The number of nitrogens with zero attached hydrogens (tertiary/aromatic N) is 1. The van der Waals surface area contributed by atoms with Gasteiger partial charge in [0.1, 0.15) is 0 Å². The third-order valence-electron chi connectivity index (χ3n) is 1.98. The van der Waals surface area contributed by atoms with E-state index in [9.17, 15) is 4.79 Å². The van der Waals surface area contributed by atoms with Crippen molar-refractivity contribution in [1.29, 1.82) is 0 Å². The molecule has 0 heterocycles. The van der Waals surface area contributed by atoms with Gasteiger partial charge >= 0.3 is 6.09 Å². The van der Waals surface area contributed by atoms with Crippen LogP contribution in [0, 0.1) is 0 Å². The number of hydrogen-bond acceptors (Lipinski definition) is 2. The van der Waals surface area contributed by atoms with Crippen molar-refractivity contribution in [2.24, 2.45) is 0 Å². The molecule has 0 aliphatic rings. The van der Waals surface area contributed by atoms with Crippen LogP contribution in [-0.4, -0.2) is 42.8 Å². The van der Waals surface area contributed by atoms with Crippen LogP contribution in [0.15, 0.2) is 0 Å². The van der Waals surface area contributed by atoms with E-state index in [0.717, 1.165) is 25.8 Å². The van der Waals surface area contributed by atoms with Crippen LogP contribution in [0.1, 0.15) is 26.2 Å². The Bertz CT molecular complexity index is 149. The summed E-state index contributed by atoms with van der Waals surface area (Å²) in [6, 6.07) is 0.109. The zero-order chi connectivity index (χ0) is 10.3. The van der Waals surface area contributed by atoms with Gasteiger partial charge in [-0.2, -0.15) is 0 Å². The summed E-state index contributed by atoms with van der Waals surface area (Å²) in [6.07, 6.45) is 1.89. The molecule has 1 unspecified atom stereocenters. The maximum absolute atomic E-state index is 10.3. The molecule has 0 rings (SSSR count). The normalized spacial score (nSPS) is 12.9. The van der Waals surface area contributed by atoms with Gasteiger partial charge in [-0.15, -0.1) is 0 Å². The zero-order valence-corrected chi connectivity index (χ0v) is 8.71. The lowest BCUT2D eigenvalue weighted by Gasteiger charge is -2.16. The van der Waals surface area contributed by atoms with Gasteiger partial charge in [-0.05, 0) is 39.9 Å². The second kappa shape index (κ2) is 6.71. The molecule has 0 fully saturated rings. The van der Waals surface area contributed by atoms with Crippen molar-refractivity contribution >= 4 is 6.09 Å². The molecule has 0 aromatic carbocycles. The molecule has 4 nitrogen and oxygen atoms in total. The molecule has 2 N–H and O–H groups in total. The van der Waals surface area contributed by atoms with E-state index >= 15 is 0 Å². The van der Waals surface area contributed by atoms with E-state index in [1.54, 1.807) is 0 Å². The van der Waals surface area contributed by atoms with Gasteiger partial charge in [-0.1, -0.05) is 6.92 Å². The molecule has 0 bridgehead atoms. The summed E-state index contributed by atoms with van der Waals surface area (Å²) in [5.74, 6) is 0. The molecule has 0 radical (unpaired) electrons. The Morgan fingerprint density at radius 2 is 2.15 bits per heavy atom. The Hall–Kier alpha value is -0.770. The van der Waals surface area contributed by atoms with Crippen LogP contribution in [-0.2, 0) is 0 Å². The summed E-state index contributed by atoms with van der Waals surface area (Å²) in [6.45, 7) is 3.01. The summed E-state index contributed by atoms with van der Waals surface area (Å²) in [7, 11) is 4.04. The lowest BCUT2D eigenvalue weighted by molar-refractivity contribution is 0.188. The molecule has 0 aromatic heterocycles. The molecule has 0 spiro atoms. The first kappa shape index (κ1) is 12.2. The van der Waals surface area contributed by atoms with E-state index in [0.29, 0.717) is 0 Å². The smallest absolute Gasteiger partial charge is 0.404 e. The fourth-order valence-corrected chi connectivity index (χ4v) is 1.21.